The molecule has 0 atom stereocenters. The van der Waals surface area contributed by atoms with E-state index < -0.39 is 0 Å². The summed E-state index contributed by atoms with van der Waals surface area (Å²) in [5.41, 5.74) is 6.17. The van der Waals surface area contributed by atoms with Crippen molar-refractivity contribution in [3.05, 3.63) is 33.8 Å². The first kappa shape index (κ1) is 19.9. The molecule has 7 heteroatoms. The third kappa shape index (κ3) is 7.04. The van der Waals surface area contributed by atoms with Crippen LogP contribution in [0.3, 0.4) is 0 Å². The number of nitrogens with two attached hydrogens (primary N) is 1. The molecule has 0 fully saturated rings. The van der Waals surface area contributed by atoms with Crippen LogP contribution < -0.4 is 11.1 Å². The summed E-state index contributed by atoms with van der Waals surface area (Å²) in [6.07, 6.45) is 0. The van der Waals surface area contributed by atoms with Crippen molar-refractivity contribution in [1.82, 2.24) is 5.32 Å². The second kappa shape index (κ2) is 9.00. The average molecular weight is 358 g/mol. The zero-order chi connectivity index (χ0) is 14.5. The molecule has 0 aromatic heterocycles. The van der Waals surface area contributed by atoms with E-state index in [1.807, 2.05) is 19.9 Å². The van der Waals surface area contributed by atoms with Crippen LogP contribution in [0.15, 0.2) is 18.2 Å². The largest absolute Gasteiger partial charge is 0.349 e. The van der Waals surface area contributed by atoms with E-state index in [0.717, 1.165) is 5.56 Å². The molecule has 0 saturated carbocycles. The van der Waals surface area contributed by atoms with Gasteiger partial charge in [0.1, 0.15) is 0 Å². The third-order valence-electron chi connectivity index (χ3n) is 2.49. The molecule has 0 aliphatic heterocycles. The van der Waals surface area contributed by atoms with Gasteiger partial charge in [-0.25, -0.2) is 0 Å². The van der Waals surface area contributed by atoms with Gasteiger partial charge in [-0.3, -0.25) is 4.79 Å². The summed E-state index contributed by atoms with van der Waals surface area (Å²) in [5, 5.41) is 4.12. The van der Waals surface area contributed by atoms with E-state index in [-0.39, 0.29) is 23.9 Å². The summed E-state index contributed by atoms with van der Waals surface area (Å²) >= 11 is 13.4. The van der Waals surface area contributed by atoms with Crippen LogP contribution in [-0.2, 0) is 10.5 Å². The fraction of sp³-hybridized carbons (Fsp3) is 0.462. The molecule has 0 radical (unpaired) electrons. The number of rotatable bonds is 6. The van der Waals surface area contributed by atoms with Crippen molar-refractivity contribution in [1.29, 1.82) is 0 Å². The zero-order valence-electron chi connectivity index (χ0n) is 11.4. The Balaban J connectivity index is 0.00000361. The van der Waals surface area contributed by atoms with Crippen molar-refractivity contribution in [3.63, 3.8) is 0 Å². The topological polar surface area (TPSA) is 55.1 Å². The number of carbonyl (C=O) groups excluding carboxylic acids is 1. The van der Waals surface area contributed by atoms with Gasteiger partial charge in [0.05, 0.1) is 5.75 Å². The minimum atomic E-state index is -0.366. The fourth-order valence-corrected chi connectivity index (χ4v) is 2.74. The van der Waals surface area contributed by atoms with E-state index in [0.29, 0.717) is 28.1 Å². The molecule has 0 heterocycles. The van der Waals surface area contributed by atoms with E-state index in [4.69, 9.17) is 28.9 Å². The number of halogens is 3. The summed E-state index contributed by atoms with van der Waals surface area (Å²) in [5.74, 6) is 1.03. The summed E-state index contributed by atoms with van der Waals surface area (Å²) < 4.78 is 0. The minimum absolute atomic E-state index is 0. The highest BCUT2D eigenvalue weighted by molar-refractivity contribution is 7.99. The van der Waals surface area contributed by atoms with Gasteiger partial charge >= 0.3 is 0 Å². The summed E-state index contributed by atoms with van der Waals surface area (Å²) in [6, 6.07) is 5.37. The van der Waals surface area contributed by atoms with Crippen molar-refractivity contribution in [2.24, 2.45) is 5.73 Å². The first-order chi connectivity index (χ1) is 8.84. The van der Waals surface area contributed by atoms with Gasteiger partial charge in [0.25, 0.3) is 0 Å². The van der Waals surface area contributed by atoms with Gasteiger partial charge in [-0.15, -0.1) is 24.2 Å². The van der Waals surface area contributed by atoms with Gasteiger partial charge in [-0.2, -0.15) is 0 Å². The maximum atomic E-state index is 11.7. The van der Waals surface area contributed by atoms with Crippen molar-refractivity contribution in [2.75, 3.05) is 12.3 Å². The number of amides is 1. The Morgan fingerprint density at radius 1 is 1.40 bits per heavy atom. The highest BCUT2D eigenvalue weighted by atomic mass is 35.5. The van der Waals surface area contributed by atoms with Crippen LogP contribution >= 0.6 is 47.4 Å². The normalized spacial score (nSPS) is 10.8. The molecule has 0 aliphatic carbocycles. The Kier molecular flexibility index (Phi) is 8.95. The van der Waals surface area contributed by atoms with Gasteiger partial charge in [0.15, 0.2) is 0 Å². The highest BCUT2D eigenvalue weighted by Crippen LogP contribution is 2.24. The van der Waals surface area contributed by atoms with Crippen LogP contribution in [0.4, 0.5) is 0 Å². The number of hydrogen-bond donors (Lipinski definition) is 2. The number of benzene rings is 1. The number of nitrogens with one attached hydrogen (secondary N) is 1. The van der Waals surface area contributed by atoms with E-state index >= 15 is 0 Å². The SMILES string of the molecule is CC(C)(CN)NC(=O)CSCc1ccc(Cl)cc1Cl.Cl. The van der Waals surface area contributed by atoms with Crippen molar-refractivity contribution in [3.8, 4) is 0 Å². The van der Waals surface area contributed by atoms with E-state index in [2.05, 4.69) is 5.32 Å². The van der Waals surface area contributed by atoms with Gasteiger partial charge in [-0.05, 0) is 31.5 Å². The molecule has 3 N–H and O–H groups in total. The molecule has 1 rings (SSSR count). The van der Waals surface area contributed by atoms with E-state index in [1.165, 1.54) is 11.8 Å². The van der Waals surface area contributed by atoms with Crippen molar-refractivity contribution in [2.45, 2.75) is 25.1 Å². The van der Waals surface area contributed by atoms with E-state index in [9.17, 15) is 4.79 Å². The molecule has 0 unspecified atom stereocenters. The Morgan fingerprint density at radius 3 is 2.60 bits per heavy atom. The second-order valence-corrected chi connectivity index (χ2v) is 6.69. The van der Waals surface area contributed by atoms with Crippen LogP contribution in [-0.4, -0.2) is 23.7 Å². The fourth-order valence-electron chi connectivity index (χ4n) is 1.36. The number of hydrogen-bond acceptors (Lipinski definition) is 3. The van der Waals surface area contributed by atoms with Gasteiger partial charge in [0.2, 0.25) is 5.91 Å². The standard InChI is InChI=1S/C13H18Cl2N2OS.ClH/c1-13(2,8-16)17-12(18)7-19-6-9-3-4-10(14)5-11(9)15;/h3-5H,6-8,16H2,1-2H3,(H,17,18);1H. The van der Waals surface area contributed by atoms with E-state index in [1.54, 1.807) is 12.1 Å². The first-order valence-corrected chi connectivity index (χ1v) is 7.78. The maximum absolute atomic E-state index is 11.7. The lowest BCUT2D eigenvalue weighted by atomic mass is 10.1. The summed E-state index contributed by atoms with van der Waals surface area (Å²) in [7, 11) is 0. The molecule has 1 aromatic rings. The monoisotopic (exact) mass is 356 g/mol. The smallest absolute Gasteiger partial charge is 0.230 e. The molecule has 114 valence electrons. The Bertz CT molecular complexity index is 455. The number of thioether (sulfide) groups is 1. The average Bonchev–Trinajstić information content (AvgIpc) is 2.31. The van der Waals surface area contributed by atoms with Crippen molar-refractivity contribution >= 4 is 53.3 Å². The van der Waals surface area contributed by atoms with Crippen LogP contribution in [0, 0.1) is 0 Å². The van der Waals surface area contributed by atoms with Crippen LogP contribution in [0.25, 0.3) is 0 Å². The molecule has 0 saturated heterocycles. The molecule has 0 bridgehead atoms. The van der Waals surface area contributed by atoms with Crippen LogP contribution in [0.5, 0.6) is 0 Å². The molecule has 0 aliphatic rings. The van der Waals surface area contributed by atoms with Gasteiger partial charge in [-0.1, -0.05) is 29.3 Å². The Hall–Kier alpha value is -0.130. The zero-order valence-corrected chi connectivity index (χ0v) is 14.6. The van der Waals surface area contributed by atoms with Crippen molar-refractivity contribution < 1.29 is 4.79 Å². The molecule has 1 amide bonds. The lowest BCUT2D eigenvalue weighted by molar-refractivity contribution is -0.120. The molecular formula is C13H19Cl3N2OS. The second-order valence-electron chi connectivity index (χ2n) is 4.86. The lowest BCUT2D eigenvalue weighted by Crippen LogP contribution is -2.49. The first-order valence-electron chi connectivity index (χ1n) is 5.87. The third-order valence-corrected chi connectivity index (χ3v) is 4.06. The predicted octanol–water partition coefficient (Wildman–Crippen LogP) is 3.50. The van der Waals surface area contributed by atoms with Gasteiger partial charge < -0.3 is 11.1 Å². The van der Waals surface area contributed by atoms with Gasteiger partial charge in [0, 0.05) is 27.9 Å². The summed E-state index contributed by atoms with van der Waals surface area (Å²) in [4.78, 5) is 11.7. The quantitative estimate of drug-likeness (QED) is 0.819. The maximum Gasteiger partial charge on any atom is 0.230 e. The Labute approximate surface area is 140 Å². The summed E-state index contributed by atoms with van der Waals surface area (Å²) in [6.45, 7) is 4.20. The van der Waals surface area contributed by atoms with Crippen LogP contribution in [0.1, 0.15) is 19.4 Å². The lowest BCUT2D eigenvalue weighted by Gasteiger charge is -2.24. The molecule has 3 nitrogen and oxygen atoms in total. The Morgan fingerprint density at radius 2 is 2.05 bits per heavy atom. The molecule has 1 aromatic carbocycles. The molecular weight excluding hydrogens is 339 g/mol. The van der Waals surface area contributed by atoms with Crippen LogP contribution in [0.2, 0.25) is 10.0 Å². The molecule has 0 spiro atoms. The molecule has 20 heavy (non-hydrogen) atoms. The number of carbonyl (C=O) groups is 1. The highest BCUT2D eigenvalue weighted by Gasteiger charge is 2.17. The predicted molar refractivity (Wildman–Crippen MR) is 91.1 cm³/mol. The minimum Gasteiger partial charge on any atom is -0.349 e.